The molecule has 32 heavy (non-hydrogen) atoms. The Morgan fingerprint density at radius 1 is 0.406 bits per heavy atom. The molecule has 1 aromatic heterocycles. The fourth-order valence-corrected chi connectivity index (χ4v) is 4.08. The Hall–Kier alpha value is -3.08. The fraction of sp³-hybridized carbons (Fsp3) is 0. The second-order valence-electron chi connectivity index (χ2n) is 7.42. The molecule has 0 radical (unpaired) electrons. The predicted octanol–water partition coefficient (Wildman–Crippen LogP) is 8.67. The maximum atomic E-state index is 4.90. The lowest BCUT2D eigenvalue weighted by molar-refractivity contribution is 1.18. The maximum Gasteiger partial charge on any atom is 0.160 e. The third-order valence-corrected chi connectivity index (χ3v) is 6.31. The smallest absolute Gasteiger partial charge is 0.160 e. The molecule has 0 bridgehead atoms. The van der Waals surface area contributed by atoms with Crippen LogP contribution in [0.25, 0.3) is 45.0 Å². The van der Waals surface area contributed by atoms with Crippen molar-refractivity contribution in [1.82, 2.24) is 9.97 Å². The van der Waals surface area contributed by atoms with Crippen molar-refractivity contribution in [1.29, 1.82) is 0 Å². The Morgan fingerprint density at radius 3 is 1.31 bits per heavy atom. The van der Waals surface area contributed by atoms with Crippen molar-refractivity contribution in [3.8, 4) is 45.0 Å². The number of nitrogens with zero attached hydrogens (tertiary/aromatic N) is 2. The number of hydrogen-bond acceptors (Lipinski definition) is 2. The van der Waals surface area contributed by atoms with Gasteiger partial charge in [-0.05, 0) is 41.5 Å². The van der Waals surface area contributed by atoms with E-state index in [2.05, 4.69) is 98.6 Å². The Kier molecular flexibility index (Phi) is 5.97. The van der Waals surface area contributed by atoms with Crippen LogP contribution in [0.15, 0.2) is 118 Å². The molecule has 0 atom stereocenters. The highest BCUT2D eigenvalue weighted by Crippen LogP contribution is 2.30. The highest BCUT2D eigenvalue weighted by atomic mass is 79.9. The van der Waals surface area contributed by atoms with E-state index in [-0.39, 0.29) is 0 Å². The summed E-state index contributed by atoms with van der Waals surface area (Å²) in [6, 6.07) is 37.3. The Labute approximate surface area is 204 Å². The molecule has 5 rings (SSSR count). The van der Waals surface area contributed by atoms with Crippen molar-refractivity contribution in [2.24, 2.45) is 0 Å². The zero-order valence-corrected chi connectivity index (χ0v) is 20.2. The number of hydrogen-bond donors (Lipinski definition) is 0. The molecule has 5 aromatic rings. The summed E-state index contributed by atoms with van der Waals surface area (Å²) >= 11 is 7.01. The zero-order valence-electron chi connectivity index (χ0n) is 17.0. The van der Waals surface area contributed by atoms with Gasteiger partial charge in [0.2, 0.25) is 0 Å². The lowest BCUT2D eigenvalue weighted by atomic mass is 10.0. The Bertz CT molecular complexity index is 1350. The van der Waals surface area contributed by atoms with E-state index in [0.717, 1.165) is 42.8 Å². The summed E-state index contributed by atoms with van der Waals surface area (Å²) in [5.41, 5.74) is 7.27. The quantitative estimate of drug-likeness (QED) is 0.227. The number of benzene rings is 4. The Balaban J connectivity index is 1.58. The van der Waals surface area contributed by atoms with Gasteiger partial charge in [0.25, 0.3) is 0 Å². The summed E-state index contributed by atoms with van der Waals surface area (Å²) in [6.45, 7) is 0. The first-order valence-electron chi connectivity index (χ1n) is 10.2. The van der Waals surface area contributed by atoms with Gasteiger partial charge in [-0.25, -0.2) is 9.97 Å². The molecule has 0 amide bonds. The molecule has 0 fully saturated rings. The molecule has 0 unspecified atom stereocenters. The van der Waals surface area contributed by atoms with Gasteiger partial charge in [0.15, 0.2) is 5.82 Å². The van der Waals surface area contributed by atoms with Gasteiger partial charge < -0.3 is 0 Å². The highest BCUT2D eigenvalue weighted by Gasteiger charge is 2.11. The van der Waals surface area contributed by atoms with Crippen molar-refractivity contribution in [3.63, 3.8) is 0 Å². The largest absolute Gasteiger partial charge is 0.228 e. The number of aromatic nitrogens is 2. The fourth-order valence-electron chi connectivity index (χ4n) is 3.56. The molecule has 4 aromatic carbocycles. The topological polar surface area (TPSA) is 25.8 Å². The summed E-state index contributed by atoms with van der Waals surface area (Å²) in [4.78, 5) is 9.78. The van der Waals surface area contributed by atoms with Gasteiger partial charge in [0.05, 0.1) is 11.4 Å². The van der Waals surface area contributed by atoms with Crippen LogP contribution >= 0.6 is 31.9 Å². The van der Waals surface area contributed by atoms with E-state index in [0.29, 0.717) is 0 Å². The van der Waals surface area contributed by atoms with Crippen molar-refractivity contribution >= 4 is 31.9 Å². The van der Waals surface area contributed by atoms with Gasteiger partial charge in [-0.2, -0.15) is 0 Å². The lowest BCUT2D eigenvalue weighted by Crippen LogP contribution is -1.95. The van der Waals surface area contributed by atoms with Crippen LogP contribution < -0.4 is 0 Å². The van der Waals surface area contributed by atoms with Crippen LogP contribution in [0.2, 0.25) is 0 Å². The van der Waals surface area contributed by atoms with E-state index in [1.54, 1.807) is 0 Å². The van der Waals surface area contributed by atoms with E-state index >= 15 is 0 Å². The average Bonchev–Trinajstić information content (AvgIpc) is 2.85. The zero-order chi connectivity index (χ0) is 21.9. The molecule has 0 aliphatic rings. The summed E-state index contributed by atoms with van der Waals surface area (Å²) in [7, 11) is 0. The van der Waals surface area contributed by atoms with Gasteiger partial charge in [-0.3, -0.25) is 0 Å². The van der Waals surface area contributed by atoms with Crippen molar-refractivity contribution in [2.45, 2.75) is 0 Å². The van der Waals surface area contributed by atoms with Crippen LogP contribution in [0.4, 0.5) is 0 Å². The molecule has 4 heteroatoms. The van der Waals surface area contributed by atoms with Crippen molar-refractivity contribution < 1.29 is 0 Å². The van der Waals surface area contributed by atoms with E-state index in [1.807, 2.05) is 42.5 Å². The van der Waals surface area contributed by atoms with Gasteiger partial charge in [0, 0.05) is 25.6 Å². The summed E-state index contributed by atoms with van der Waals surface area (Å²) in [5, 5.41) is 0. The standard InChI is InChI=1S/C28H18Br2N2/c29-24-14-10-20(11-15-24)19-6-8-21(9-7-19)26-18-27(22-12-16-25(30)17-13-22)32-28(31-26)23-4-2-1-3-5-23/h1-18H. The second kappa shape index (κ2) is 9.19. The molecule has 0 spiro atoms. The van der Waals surface area contributed by atoms with E-state index < -0.39 is 0 Å². The van der Waals surface area contributed by atoms with Crippen LogP contribution in [0.3, 0.4) is 0 Å². The Morgan fingerprint density at radius 2 is 0.812 bits per heavy atom. The van der Waals surface area contributed by atoms with E-state index in [1.165, 1.54) is 11.1 Å². The third-order valence-electron chi connectivity index (χ3n) is 5.26. The van der Waals surface area contributed by atoms with Crippen molar-refractivity contribution in [2.75, 3.05) is 0 Å². The molecule has 0 saturated heterocycles. The first kappa shape index (κ1) is 20.8. The van der Waals surface area contributed by atoms with Crippen LogP contribution in [0, 0.1) is 0 Å². The monoisotopic (exact) mass is 540 g/mol. The van der Waals surface area contributed by atoms with Crippen LogP contribution in [-0.4, -0.2) is 9.97 Å². The molecule has 0 aliphatic carbocycles. The summed E-state index contributed by atoms with van der Waals surface area (Å²) < 4.78 is 2.12. The molecular weight excluding hydrogens is 524 g/mol. The van der Waals surface area contributed by atoms with Gasteiger partial charge in [0.1, 0.15) is 0 Å². The molecule has 0 N–H and O–H groups in total. The molecular formula is C28H18Br2N2. The minimum Gasteiger partial charge on any atom is -0.228 e. The molecule has 1 heterocycles. The van der Waals surface area contributed by atoms with E-state index in [9.17, 15) is 0 Å². The second-order valence-corrected chi connectivity index (χ2v) is 9.25. The molecule has 0 saturated carbocycles. The third kappa shape index (κ3) is 4.57. The number of halogens is 2. The highest BCUT2D eigenvalue weighted by molar-refractivity contribution is 9.10. The van der Waals surface area contributed by atoms with Crippen LogP contribution in [-0.2, 0) is 0 Å². The first-order chi connectivity index (χ1) is 15.7. The maximum absolute atomic E-state index is 4.90. The molecule has 154 valence electrons. The predicted molar refractivity (Wildman–Crippen MR) is 139 cm³/mol. The van der Waals surface area contributed by atoms with E-state index in [4.69, 9.17) is 9.97 Å². The molecule has 0 aliphatic heterocycles. The lowest BCUT2D eigenvalue weighted by Gasteiger charge is -2.10. The normalized spacial score (nSPS) is 10.8. The van der Waals surface area contributed by atoms with Gasteiger partial charge >= 0.3 is 0 Å². The summed E-state index contributed by atoms with van der Waals surface area (Å²) in [6.07, 6.45) is 0. The minimum absolute atomic E-state index is 0.720. The average molecular weight is 542 g/mol. The van der Waals surface area contributed by atoms with Crippen LogP contribution in [0.5, 0.6) is 0 Å². The SMILES string of the molecule is Brc1ccc(-c2ccc(-c3cc(-c4ccc(Br)cc4)nc(-c4ccccc4)n3)cc2)cc1. The number of rotatable bonds is 4. The van der Waals surface area contributed by atoms with Crippen LogP contribution in [0.1, 0.15) is 0 Å². The van der Waals surface area contributed by atoms with Gasteiger partial charge in [-0.15, -0.1) is 0 Å². The van der Waals surface area contributed by atoms with Gasteiger partial charge in [-0.1, -0.05) is 111 Å². The molecule has 2 nitrogen and oxygen atoms in total. The minimum atomic E-state index is 0.720. The van der Waals surface area contributed by atoms with Crippen molar-refractivity contribution in [3.05, 3.63) is 118 Å². The summed E-state index contributed by atoms with van der Waals surface area (Å²) in [5.74, 6) is 0.720. The first-order valence-corrected chi connectivity index (χ1v) is 11.8.